The van der Waals surface area contributed by atoms with Crippen molar-refractivity contribution in [1.29, 1.82) is 0 Å². The Balaban J connectivity index is 2.87. The Kier molecular flexibility index (Phi) is 1.81. The highest BCUT2D eigenvalue weighted by Gasteiger charge is 2.11. The van der Waals surface area contributed by atoms with E-state index in [4.69, 9.17) is 5.11 Å². The molecule has 0 radical (unpaired) electrons. The van der Waals surface area contributed by atoms with Crippen LogP contribution in [0.5, 0.6) is 0 Å². The summed E-state index contributed by atoms with van der Waals surface area (Å²) in [4.78, 5) is 14.1. The summed E-state index contributed by atoms with van der Waals surface area (Å²) in [7, 11) is 0. The number of aromatic amines is 1. The van der Waals surface area contributed by atoms with Crippen molar-refractivity contribution in [2.75, 3.05) is 0 Å². The lowest BCUT2D eigenvalue weighted by Gasteiger charge is -1.99. The maximum Gasteiger partial charge on any atom is 0.336 e. The lowest BCUT2D eigenvalue weighted by Crippen LogP contribution is -1.96. The Bertz CT molecular complexity index is 511. The van der Waals surface area contributed by atoms with Crippen molar-refractivity contribution < 1.29 is 9.90 Å². The van der Waals surface area contributed by atoms with Gasteiger partial charge in [-0.15, -0.1) is 0 Å². The highest BCUT2D eigenvalue weighted by molar-refractivity contribution is 6.03. The van der Waals surface area contributed by atoms with Crippen LogP contribution in [0.3, 0.4) is 0 Å². The highest BCUT2D eigenvalue weighted by atomic mass is 16.4. The molecule has 2 rings (SSSR count). The number of aryl methyl sites for hydroxylation is 2. The van der Waals surface area contributed by atoms with E-state index in [0.29, 0.717) is 5.56 Å². The fraction of sp³-hybridized carbons (Fsp3) is 0.182. The molecule has 0 saturated carbocycles. The van der Waals surface area contributed by atoms with Crippen LogP contribution < -0.4 is 0 Å². The van der Waals surface area contributed by atoms with E-state index in [9.17, 15) is 4.79 Å². The third-order valence-electron chi connectivity index (χ3n) is 2.37. The summed E-state index contributed by atoms with van der Waals surface area (Å²) in [6, 6.07) is 5.33. The molecule has 0 amide bonds. The predicted molar refractivity (Wildman–Crippen MR) is 54.7 cm³/mol. The van der Waals surface area contributed by atoms with Gasteiger partial charge in [-0.2, -0.15) is 0 Å². The van der Waals surface area contributed by atoms with Crippen LogP contribution in [-0.4, -0.2) is 16.1 Å². The van der Waals surface area contributed by atoms with Crippen molar-refractivity contribution >= 4 is 16.9 Å². The molecule has 1 aromatic heterocycles. The molecule has 0 aliphatic rings. The van der Waals surface area contributed by atoms with Crippen LogP contribution in [0.2, 0.25) is 0 Å². The third-order valence-corrected chi connectivity index (χ3v) is 2.37. The molecule has 0 aliphatic heterocycles. The molecule has 14 heavy (non-hydrogen) atoms. The number of hydrogen-bond acceptors (Lipinski definition) is 1. The monoisotopic (exact) mass is 189 g/mol. The molecule has 3 nitrogen and oxygen atoms in total. The number of hydrogen-bond donors (Lipinski definition) is 2. The Morgan fingerprint density at radius 2 is 2.07 bits per heavy atom. The van der Waals surface area contributed by atoms with Gasteiger partial charge in [-0.25, -0.2) is 4.79 Å². The van der Waals surface area contributed by atoms with Gasteiger partial charge in [0.15, 0.2) is 0 Å². The quantitative estimate of drug-likeness (QED) is 0.724. The third kappa shape index (κ3) is 1.18. The van der Waals surface area contributed by atoms with Gasteiger partial charge in [-0.1, -0.05) is 6.07 Å². The SMILES string of the molecule is Cc1cc2c(C(=O)O)ccc(C)c2[nH]1. The summed E-state index contributed by atoms with van der Waals surface area (Å²) < 4.78 is 0. The molecular formula is C11H11NO2. The van der Waals surface area contributed by atoms with Crippen molar-refractivity contribution in [3.63, 3.8) is 0 Å². The van der Waals surface area contributed by atoms with Crippen LogP contribution >= 0.6 is 0 Å². The Morgan fingerprint density at radius 1 is 1.36 bits per heavy atom. The standard InChI is InChI=1S/C11H11NO2/c1-6-3-4-8(11(13)14)9-5-7(2)12-10(6)9/h3-5,12H,1-2H3,(H,13,14). The Morgan fingerprint density at radius 3 is 2.71 bits per heavy atom. The van der Waals surface area contributed by atoms with Crippen molar-refractivity contribution in [2.24, 2.45) is 0 Å². The van der Waals surface area contributed by atoms with Gasteiger partial charge in [0.1, 0.15) is 0 Å². The molecule has 2 N–H and O–H groups in total. The summed E-state index contributed by atoms with van der Waals surface area (Å²) >= 11 is 0. The minimum Gasteiger partial charge on any atom is -0.478 e. The molecule has 3 heteroatoms. The number of benzene rings is 1. The predicted octanol–water partition coefficient (Wildman–Crippen LogP) is 2.48. The number of carboxylic acids is 1. The van der Waals surface area contributed by atoms with E-state index >= 15 is 0 Å². The fourth-order valence-electron chi connectivity index (χ4n) is 1.68. The summed E-state index contributed by atoms with van der Waals surface area (Å²) in [5.41, 5.74) is 3.33. The molecule has 0 spiro atoms. The average Bonchev–Trinajstić information content (AvgIpc) is 2.47. The molecule has 0 unspecified atom stereocenters. The molecule has 1 aromatic carbocycles. The number of carboxylic acid groups (broad SMARTS) is 1. The number of H-pyrrole nitrogens is 1. The number of fused-ring (bicyclic) bond motifs is 1. The van der Waals surface area contributed by atoms with Gasteiger partial charge < -0.3 is 10.1 Å². The molecule has 0 fully saturated rings. The number of aromatic carboxylic acids is 1. The van der Waals surface area contributed by atoms with Gasteiger partial charge in [0.05, 0.1) is 5.56 Å². The molecule has 2 aromatic rings. The first-order chi connectivity index (χ1) is 6.59. The first kappa shape index (κ1) is 8.81. The van der Waals surface area contributed by atoms with Crippen LogP contribution in [0.1, 0.15) is 21.6 Å². The minimum absolute atomic E-state index is 0.356. The molecule has 0 aliphatic carbocycles. The van der Waals surface area contributed by atoms with Crippen LogP contribution in [0.25, 0.3) is 10.9 Å². The molecule has 0 atom stereocenters. The summed E-state index contributed by atoms with van der Waals surface area (Å²) in [5, 5.41) is 9.76. The zero-order valence-electron chi connectivity index (χ0n) is 8.09. The Hall–Kier alpha value is -1.77. The molecule has 1 heterocycles. The van der Waals surface area contributed by atoms with E-state index in [0.717, 1.165) is 22.2 Å². The van der Waals surface area contributed by atoms with Crippen molar-refractivity contribution in [3.05, 3.63) is 35.0 Å². The van der Waals surface area contributed by atoms with E-state index in [1.165, 1.54) is 0 Å². The topological polar surface area (TPSA) is 53.1 Å². The smallest absolute Gasteiger partial charge is 0.336 e. The van der Waals surface area contributed by atoms with Crippen molar-refractivity contribution in [3.8, 4) is 0 Å². The van der Waals surface area contributed by atoms with E-state index < -0.39 is 5.97 Å². The van der Waals surface area contributed by atoms with Gasteiger partial charge in [0, 0.05) is 16.6 Å². The number of rotatable bonds is 1. The fourth-order valence-corrected chi connectivity index (χ4v) is 1.68. The van der Waals surface area contributed by atoms with Crippen molar-refractivity contribution in [1.82, 2.24) is 4.98 Å². The van der Waals surface area contributed by atoms with E-state index in [1.807, 2.05) is 26.0 Å². The second kappa shape index (κ2) is 2.87. The van der Waals surface area contributed by atoms with Gasteiger partial charge in [-0.3, -0.25) is 0 Å². The number of aromatic nitrogens is 1. The van der Waals surface area contributed by atoms with Gasteiger partial charge in [-0.05, 0) is 31.5 Å². The summed E-state index contributed by atoms with van der Waals surface area (Å²) in [6.45, 7) is 3.88. The number of carbonyl (C=O) groups is 1. The second-order valence-electron chi connectivity index (χ2n) is 3.48. The lowest BCUT2D eigenvalue weighted by atomic mass is 10.1. The first-order valence-electron chi connectivity index (χ1n) is 4.42. The number of nitrogens with one attached hydrogen (secondary N) is 1. The van der Waals surface area contributed by atoms with E-state index in [2.05, 4.69) is 4.98 Å². The maximum atomic E-state index is 10.9. The molecular weight excluding hydrogens is 178 g/mol. The van der Waals surface area contributed by atoms with Crippen LogP contribution in [-0.2, 0) is 0 Å². The van der Waals surface area contributed by atoms with Crippen LogP contribution in [0.4, 0.5) is 0 Å². The average molecular weight is 189 g/mol. The highest BCUT2D eigenvalue weighted by Crippen LogP contribution is 2.22. The maximum absolute atomic E-state index is 10.9. The lowest BCUT2D eigenvalue weighted by molar-refractivity contribution is 0.0699. The minimum atomic E-state index is -0.881. The normalized spacial score (nSPS) is 10.7. The van der Waals surface area contributed by atoms with Crippen LogP contribution in [0.15, 0.2) is 18.2 Å². The van der Waals surface area contributed by atoms with Crippen LogP contribution in [0, 0.1) is 13.8 Å². The molecule has 0 bridgehead atoms. The van der Waals surface area contributed by atoms with Gasteiger partial charge in [0.25, 0.3) is 0 Å². The summed E-state index contributed by atoms with van der Waals surface area (Å²) in [5.74, 6) is -0.881. The molecule has 0 saturated heterocycles. The van der Waals surface area contributed by atoms with Gasteiger partial charge in [0.2, 0.25) is 0 Å². The first-order valence-corrected chi connectivity index (χ1v) is 4.42. The van der Waals surface area contributed by atoms with E-state index in [1.54, 1.807) is 6.07 Å². The zero-order valence-corrected chi connectivity index (χ0v) is 8.09. The summed E-state index contributed by atoms with van der Waals surface area (Å²) in [6.07, 6.45) is 0. The molecule has 72 valence electrons. The zero-order chi connectivity index (χ0) is 10.3. The Labute approximate surface area is 81.4 Å². The second-order valence-corrected chi connectivity index (χ2v) is 3.48. The van der Waals surface area contributed by atoms with E-state index in [-0.39, 0.29) is 0 Å². The van der Waals surface area contributed by atoms with Gasteiger partial charge >= 0.3 is 5.97 Å². The largest absolute Gasteiger partial charge is 0.478 e. The van der Waals surface area contributed by atoms with Crippen molar-refractivity contribution in [2.45, 2.75) is 13.8 Å².